The molecule has 0 bridgehead atoms. The first kappa shape index (κ1) is 14.3. The summed E-state index contributed by atoms with van der Waals surface area (Å²) < 4.78 is 5.67. The van der Waals surface area contributed by atoms with Crippen molar-refractivity contribution >= 4 is 23.3 Å². The molecule has 2 fully saturated rings. The quantitative estimate of drug-likeness (QED) is 0.861. The smallest absolute Gasteiger partial charge is 0.317 e. The lowest BCUT2D eigenvalue weighted by Crippen LogP contribution is -2.50. The van der Waals surface area contributed by atoms with Gasteiger partial charge in [0.25, 0.3) is 0 Å². The van der Waals surface area contributed by atoms with E-state index in [1.165, 1.54) is 11.3 Å². The van der Waals surface area contributed by atoms with Crippen LogP contribution < -0.4 is 5.32 Å². The molecule has 3 heterocycles. The minimum Gasteiger partial charge on any atom is -0.367 e. The van der Waals surface area contributed by atoms with Crippen LogP contribution in [-0.4, -0.2) is 66.1 Å². The second kappa shape index (κ2) is 5.98. The number of hydrogen-bond donors (Lipinski definition) is 1. The van der Waals surface area contributed by atoms with Gasteiger partial charge in [-0.2, -0.15) is 0 Å². The number of urea groups is 1. The summed E-state index contributed by atoms with van der Waals surface area (Å²) in [4.78, 5) is 31.4. The minimum atomic E-state index is -0.155. The number of amides is 3. The molecule has 2 aliphatic heterocycles. The molecule has 0 aromatic carbocycles. The molecule has 0 radical (unpaired) electrons. The van der Waals surface area contributed by atoms with E-state index in [1.54, 1.807) is 23.0 Å². The molecule has 114 valence electrons. The Morgan fingerprint density at radius 3 is 3.05 bits per heavy atom. The van der Waals surface area contributed by atoms with Crippen molar-refractivity contribution in [2.24, 2.45) is 0 Å². The van der Waals surface area contributed by atoms with Crippen LogP contribution in [0.15, 0.2) is 11.6 Å². The molecule has 3 amide bonds. The average molecular weight is 310 g/mol. The number of rotatable bonds is 2. The summed E-state index contributed by atoms with van der Waals surface area (Å²) >= 11 is 1.53. The van der Waals surface area contributed by atoms with Gasteiger partial charge in [-0.15, -0.1) is 11.3 Å². The Bertz CT molecular complexity index is 521. The van der Waals surface area contributed by atoms with Gasteiger partial charge in [0.2, 0.25) is 5.91 Å². The van der Waals surface area contributed by atoms with Crippen LogP contribution in [0.1, 0.15) is 17.5 Å². The topological polar surface area (TPSA) is 74.8 Å². The van der Waals surface area contributed by atoms with E-state index in [9.17, 15) is 9.59 Å². The Morgan fingerprint density at radius 2 is 2.38 bits per heavy atom. The molecule has 2 aliphatic rings. The first-order valence-corrected chi connectivity index (χ1v) is 7.82. The number of carbonyl (C=O) groups excluding carboxylic acids is 2. The molecule has 1 aromatic heterocycles. The summed E-state index contributed by atoms with van der Waals surface area (Å²) in [5, 5.41) is 5.72. The SMILES string of the molecule is CN1CC(NC(=O)N2CCOC(c3nccs3)C2)CC1=O. The lowest BCUT2D eigenvalue weighted by molar-refractivity contribution is -0.126. The van der Waals surface area contributed by atoms with Crippen LogP contribution in [0, 0.1) is 0 Å². The second-order valence-corrected chi connectivity index (χ2v) is 6.23. The lowest BCUT2D eigenvalue weighted by atomic mass is 10.2. The van der Waals surface area contributed by atoms with Crippen LogP contribution in [0.4, 0.5) is 4.79 Å². The third-order valence-corrected chi connectivity index (χ3v) is 4.62. The fourth-order valence-electron chi connectivity index (χ4n) is 2.60. The number of hydrogen-bond acceptors (Lipinski definition) is 5. The van der Waals surface area contributed by atoms with Crippen molar-refractivity contribution < 1.29 is 14.3 Å². The molecule has 1 aromatic rings. The Labute approximate surface area is 126 Å². The zero-order chi connectivity index (χ0) is 14.8. The van der Waals surface area contributed by atoms with Crippen LogP contribution in [0.3, 0.4) is 0 Å². The van der Waals surface area contributed by atoms with Gasteiger partial charge in [0.15, 0.2) is 0 Å². The van der Waals surface area contributed by atoms with E-state index in [-0.39, 0.29) is 24.1 Å². The summed E-state index contributed by atoms with van der Waals surface area (Å²) in [6.07, 6.45) is 1.96. The van der Waals surface area contributed by atoms with E-state index in [4.69, 9.17) is 4.74 Å². The van der Waals surface area contributed by atoms with Gasteiger partial charge in [0.05, 0.1) is 19.2 Å². The van der Waals surface area contributed by atoms with E-state index in [2.05, 4.69) is 10.3 Å². The van der Waals surface area contributed by atoms with Crippen molar-refractivity contribution in [3.05, 3.63) is 16.6 Å². The van der Waals surface area contributed by atoms with Gasteiger partial charge in [0.1, 0.15) is 11.1 Å². The third kappa shape index (κ3) is 3.16. The molecule has 7 nitrogen and oxygen atoms in total. The molecule has 2 saturated heterocycles. The molecule has 8 heteroatoms. The zero-order valence-corrected chi connectivity index (χ0v) is 12.6. The fraction of sp³-hybridized carbons (Fsp3) is 0.615. The molecule has 1 N–H and O–H groups in total. The summed E-state index contributed by atoms with van der Waals surface area (Å²) in [5.74, 6) is 0.0722. The normalized spacial score (nSPS) is 26.2. The number of ether oxygens (including phenoxy) is 1. The van der Waals surface area contributed by atoms with Gasteiger partial charge in [0, 0.05) is 38.1 Å². The van der Waals surface area contributed by atoms with Crippen LogP contribution in [0.25, 0.3) is 0 Å². The first-order valence-electron chi connectivity index (χ1n) is 6.94. The molecule has 2 unspecified atom stereocenters. The van der Waals surface area contributed by atoms with Crippen molar-refractivity contribution in [3.63, 3.8) is 0 Å². The van der Waals surface area contributed by atoms with Gasteiger partial charge < -0.3 is 19.9 Å². The van der Waals surface area contributed by atoms with Gasteiger partial charge in [-0.3, -0.25) is 4.79 Å². The highest BCUT2D eigenvalue weighted by molar-refractivity contribution is 7.09. The predicted molar refractivity (Wildman–Crippen MR) is 77.0 cm³/mol. The average Bonchev–Trinajstić information content (AvgIpc) is 3.10. The maximum absolute atomic E-state index is 12.3. The molecular weight excluding hydrogens is 292 g/mol. The standard InChI is InChI=1S/C13H18N4O3S/c1-16-7-9(6-11(16)18)15-13(19)17-3-4-20-10(8-17)12-14-2-5-21-12/h2,5,9-10H,3-4,6-8H2,1H3,(H,15,19). The predicted octanol–water partition coefficient (Wildman–Crippen LogP) is 0.457. The Hall–Kier alpha value is -1.67. The highest BCUT2D eigenvalue weighted by Gasteiger charge is 2.31. The van der Waals surface area contributed by atoms with E-state index in [1.807, 2.05) is 5.38 Å². The van der Waals surface area contributed by atoms with Crippen LogP contribution in [0.2, 0.25) is 0 Å². The first-order chi connectivity index (χ1) is 10.1. The van der Waals surface area contributed by atoms with Crippen molar-refractivity contribution in [1.29, 1.82) is 0 Å². The number of likely N-dealkylation sites (tertiary alicyclic amines) is 1. The summed E-state index contributed by atoms with van der Waals surface area (Å²) in [5.41, 5.74) is 0. The molecule has 21 heavy (non-hydrogen) atoms. The zero-order valence-electron chi connectivity index (χ0n) is 11.8. The van der Waals surface area contributed by atoms with E-state index >= 15 is 0 Å². The van der Waals surface area contributed by atoms with Gasteiger partial charge in [-0.05, 0) is 0 Å². The van der Waals surface area contributed by atoms with Gasteiger partial charge in [-0.25, -0.2) is 9.78 Å². The number of carbonyl (C=O) groups is 2. The molecular formula is C13H18N4O3S. The minimum absolute atomic E-state index is 0.0722. The van der Waals surface area contributed by atoms with Gasteiger partial charge in [-0.1, -0.05) is 0 Å². The molecule has 2 atom stereocenters. The number of nitrogens with one attached hydrogen (secondary N) is 1. The maximum atomic E-state index is 12.3. The van der Waals surface area contributed by atoms with Crippen LogP contribution in [0.5, 0.6) is 0 Å². The molecule has 0 aliphatic carbocycles. The maximum Gasteiger partial charge on any atom is 0.317 e. The number of likely N-dealkylation sites (N-methyl/N-ethyl adjacent to an activating group) is 1. The van der Waals surface area contributed by atoms with Crippen molar-refractivity contribution in [1.82, 2.24) is 20.1 Å². The van der Waals surface area contributed by atoms with Crippen molar-refractivity contribution in [3.8, 4) is 0 Å². The van der Waals surface area contributed by atoms with Gasteiger partial charge >= 0.3 is 6.03 Å². The molecule has 3 rings (SSSR count). The number of nitrogens with zero attached hydrogens (tertiary/aromatic N) is 3. The Kier molecular flexibility index (Phi) is 4.07. The highest BCUT2D eigenvalue weighted by Crippen LogP contribution is 2.24. The van der Waals surface area contributed by atoms with E-state index < -0.39 is 0 Å². The summed E-state index contributed by atoms with van der Waals surface area (Å²) in [7, 11) is 1.75. The molecule has 0 saturated carbocycles. The van der Waals surface area contributed by atoms with Crippen LogP contribution >= 0.6 is 11.3 Å². The fourth-order valence-corrected chi connectivity index (χ4v) is 3.28. The van der Waals surface area contributed by atoms with E-state index in [0.717, 1.165) is 5.01 Å². The number of morpholine rings is 1. The lowest BCUT2D eigenvalue weighted by Gasteiger charge is -2.32. The monoisotopic (exact) mass is 310 g/mol. The van der Waals surface area contributed by atoms with Crippen LogP contribution in [-0.2, 0) is 9.53 Å². The summed E-state index contributed by atoms with van der Waals surface area (Å²) in [6, 6.07) is -0.232. The van der Waals surface area contributed by atoms with E-state index in [0.29, 0.717) is 32.7 Å². The third-order valence-electron chi connectivity index (χ3n) is 3.75. The number of aromatic nitrogens is 1. The molecule has 0 spiro atoms. The van der Waals surface area contributed by atoms with Crippen molar-refractivity contribution in [2.75, 3.05) is 33.3 Å². The largest absolute Gasteiger partial charge is 0.367 e. The Balaban J connectivity index is 1.56. The summed E-state index contributed by atoms with van der Waals surface area (Å²) in [6.45, 7) is 2.13. The highest BCUT2D eigenvalue weighted by atomic mass is 32.1. The van der Waals surface area contributed by atoms with Crippen molar-refractivity contribution in [2.45, 2.75) is 18.6 Å². The number of thiazole rings is 1. The second-order valence-electron chi connectivity index (χ2n) is 5.30. The Morgan fingerprint density at radius 1 is 1.52 bits per heavy atom.